The highest BCUT2D eigenvalue weighted by atomic mass is 16.8. The molecule has 0 aliphatic carbocycles. The van der Waals surface area contributed by atoms with Crippen molar-refractivity contribution in [1.82, 2.24) is 5.32 Å². The van der Waals surface area contributed by atoms with Crippen LogP contribution < -0.4 is 5.32 Å². The van der Waals surface area contributed by atoms with Crippen LogP contribution in [-0.4, -0.2) is 193 Å². The first-order valence-corrected chi connectivity index (χ1v) is 44.3. The van der Waals surface area contributed by atoms with Gasteiger partial charge in [-0.3, -0.25) is 4.79 Å². The van der Waals surface area contributed by atoms with E-state index in [1.165, 1.54) is 173 Å². The molecule has 3 rings (SSSR count). The lowest BCUT2D eigenvalue weighted by atomic mass is 9.96. The number of unbranched alkanes of at least 4 members (excludes halogenated alkanes) is 34. The number of aliphatic hydroxyl groups excluding tert-OH is 11. The van der Waals surface area contributed by atoms with E-state index in [0.29, 0.717) is 12.8 Å². The van der Waals surface area contributed by atoms with Crippen LogP contribution in [0.3, 0.4) is 0 Å². The van der Waals surface area contributed by atoms with E-state index in [4.69, 9.17) is 28.4 Å². The van der Waals surface area contributed by atoms with Gasteiger partial charge in [0.1, 0.15) is 73.2 Å². The van der Waals surface area contributed by atoms with Crippen LogP contribution in [0.4, 0.5) is 0 Å². The van der Waals surface area contributed by atoms with Crippen LogP contribution in [0.15, 0.2) is 122 Å². The van der Waals surface area contributed by atoms with Crippen molar-refractivity contribution in [3.8, 4) is 0 Å². The number of nitrogens with one attached hydrogen (secondary N) is 1. The van der Waals surface area contributed by atoms with E-state index < -0.39 is 124 Å². The average Bonchev–Trinajstić information content (AvgIpc) is 0.780. The molecule has 0 bridgehead atoms. The highest BCUT2D eigenvalue weighted by Gasteiger charge is 2.54. The molecular formula is C92H159NO18. The topological polar surface area (TPSA) is 307 Å². The molecule has 17 unspecified atom stereocenters. The minimum absolute atomic E-state index is 0.229. The van der Waals surface area contributed by atoms with Gasteiger partial charge in [0.2, 0.25) is 5.91 Å². The Balaban J connectivity index is 1.36. The van der Waals surface area contributed by atoms with Gasteiger partial charge in [0, 0.05) is 6.42 Å². The molecule has 111 heavy (non-hydrogen) atoms. The van der Waals surface area contributed by atoms with E-state index in [-0.39, 0.29) is 18.9 Å². The quantitative estimate of drug-likeness (QED) is 0.0199. The number of hydrogen-bond donors (Lipinski definition) is 12. The van der Waals surface area contributed by atoms with E-state index in [1.807, 2.05) is 0 Å². The smallest absolute Gasteiger partial charge is 0.220 e. The van der Waals surface area contributed by atoms with Crippen LogP contribution in [0.5, 0.6) is 0 Å². The molecule has 17 atom stereocenters. The van der Waals surface area contributed by atoms with Gasteiger partial charge in [-0.05, 0) is 89.9 Å². The third kappa shape index (κ3) is 49.1. The van der Waals surface area contributed by atoms with Gasteiger partial charge in [-0.15, -0.1) is 0 Å². The maximum Gasteiger partial charge on any atom is 0.220 e. The fourth-order valence-corrected chi connectivity index (χ4v) is 14.3. The molecule has 3 heterocycles. The van der Waals surface area contributed by atoms with Crippen molar-refractivity contribution in [2.24, 2.45) is 0 Å². The molecule has 0 spiro atoms. The van der Waals surface area contributed by atoms with Gasteiger partial charge in [0.15, 0.2) is 18.9 Å². The van der Waals surface area contributed by atoms with Crippen molar-refractivity contribution < 1.29 is 89.4 Å². The molecule has 3 fully saturated rings. The highest BCUT2D eigenvalue weighted by molar-refractivity contribution is 5.76. The van der Waals surface area contributed by atoms with Crippen molar-refractivity contribution in [1.29, 1.82) is 0 Å². The first-order chi connectivity index (χ1) is 54.3. The Morgan fingerprint density at radius 3 is 0.973 bits per heavy atom. The molecule has 0 aromatic heterocycles. The number of carbonyl (C=O) groups excluding carboxylic acids is 1. The number of aliphatic hydroxyl groups is 11. The summed E-state index contributed by atoms with van der Waals surface area (Å²) in [6.45, 7) is 1.70. The minimum Gasteiger partial charge on any atom is -0.394 e. The summed E-state index contributed by atoms with van der Waals surface area (Å²) < 4.78 is 34.6. The van der Waals surface area contributed by atoms with E-state index in [1.54, 1.807) is 0 Å². The van der Waals surface area contributed by atoms with E-state index in [0.717, 1.165) is 116 Å². The number of ether oxygens (including phenoxy) is 6. The standard InChI is InChI=1S/C92H159NO18/c1-3-5-7-9-11-13-15-17-19-21-23-25-27-29-31-33-35-36-37-38-40-42-44-46-48-50-52-54-56-58-60-62-64-66-68-70-80(98)93-75(76(97)69-67-65-63-61-59-57-55-53-51-49-47-45-43-41-39-34-32-30-28-26-24-22-20-18-16-14-12-10-8-6-4-2)74-106-90-86(104)83(101)88(78(72-95)108-90)111-92-87(105)84(102)89(79(73-96)109-92)110-91-85(103)82(100)81(99)77(71-94)107-91/h5,7,11,13,17,19,23,25,29,31,35-36,38,40,44,46,50,52,56,58,75-79,81-92,94-97,99-105H,3-4,6,8-10,12,14-16,18,20-22,24,26-28,30,32-34,37,39,41-43,45,47-49,51,53-55,57,59-74H2,1-2H3,(H,93,98)/b7-5-,13-11-,19-17-,25-23-,31-29-,36-35-,40-38-,46-44-,52-50-,58-56-. The highest BCUT2D eigenvalue weighted by Crippen LogP contribution is 2.33. The zero-order chi connectivity index (χ0) is 80.3. The summed E-state index contributed by atoms with van der Waals surface area (Å²) in [5, 5.41) is 121. The van der Waals surface area contributed by atoms with Gasteiger partial charge in [-0.25, -0.2) is 0 Å². The van der Waals surface area contributed by atoms with E-state index >= 15 is 0 Å². The Hall–Kier alpha value is -3.81. The van der Waals surface area contributed by atoms with Gasteiger partial charge in [-0.2, -0.15) is 0 Å². The lowest BCUT2D eigenvalue weighted by molar-refractivity contribution is -0.379. The van der Waals surface area contributed by atoms with Crippen LogP contribution in [0.25, 0.3) is 0 Å². The molecule has 19 nitrogen and oxygen atoms in total. The first-order valence-electron chi connectivity index (χ1n) is 44.3. The molecule has 0 aromatic carbocycles. The maximum absolute atomic E-state index is 13.5. The maximum atomic E-state index is 13.5. The SMILES string of the molecule is CC/C=C\C/C=C\C/C=C\C/C=C\C/C=C\C/C=C\C/C=C\C/C=C\C/C=C\C/C=C\CCCCCCC(=O)NC(COC1OC(CO)C(OC2OC(CO)C(OC3OC(CO)C(O)C(O)C3O)C(O)C2O)C(O)C1O)C(O)CCCCCCCCCCCCCCCCCCCCCCCCCCCCCCCCC. The van der Waals surface area contributed by atoms with Gasteiger partial charge >= 0.3 is 0 Å². The van der Waals surface area contributed by atoms with Crippen molar-refractivity contribution in [3.63, 3.8) is 0 Å². The third-order valence-electron chi connectivity index (χ3n) is 21.3. The lowest BCUT2D eigenvalue weighted by Crippen LogP contribution is -2.66. The van der Waals surface area contributed by atoms with Gasteiger partial charge < -0.3 is 89.9 Å². The molecule has 3 aliphatic rings. The summed E-state index contributed by atoms with van der Waals surface area (Å²) in [6, 6.07) is -0.913. The molecule has 0 saturated carbocycles. The molecule has 3 aliphatic heterocycles. The Kier molecular flexibility index (Phi) is 64.3. The monoisotopic (exact) mass is 1570 g/mol. The Morgan fingerprint density at radius 1 is 0.333 bits per heavy atom. The van der Waals surface area contributed by atoms with Crippen LogP contribution in [0, 0.1) is 0 Å². The average molecular weight is 1570 g/mol. The van der Waals surface area contributed by atoms with Gasteiger partial charge in [0.05, 0.1) is 38.6 Å². The first kappa shape index (κ1) is 101. The predicted molar refractivity (Wildman–Crippen MR) is 447 cm³/mol. The Morgan fingerprint density at radius 2 is 0.622 bits per heavy atom. The van der Waals surface area contributed by atoms with Crippen LogP contribution >= 0.6 is 0 Å². The summed E-state index contributed by atoms with van der Waals surface area (Å²) in [5.74, 6) is -0.268. The Labute approximate surface area is 671 Å². The van der Waals surface area contributed by atoms with Crippen molar-refractivity contribution in [2.75, 3.05) is 26.4 Å². The van der Waals surface area contributed by atoms with Crippen LogP contribution in [0.1, 0.15) is 322 Å². The van der Waals surface area contributed by atoms with E-state index in [9.17, 15) is 61.0 Å². The molecule has 0 aromatic rings. The molecule has 0 radical (unpaired) electrons. The molecule has 640 valence electrons. The fraction of sp³-hybridized carbons (Fsp3) is 0.772. The molecular weight excluding hydrogens is 1410 g/mol. The van der Waals surface area contributed by atoms with Crippen molar-refractivity contribution in [2.45, 2.75) is 426 Å². The zero-order valence-corrected chi connectivity index (χ0v) is 68.9. The van der Waals surface area contributed by atoms with Gasteiger partial charge in [0.25, 0.3) is 0 Å². The van der Waals surface area contributed by atoms with Gasteiger partial charge in [-0.1, -0.05) is 347 Å². The third-order valence-corrected chi connectivity index (χ3v) is 21.3. The minimum atomic E-state index is -1.98. The Bertz CT molecular complexity index is 2480. The number of carbonyl (C=O) groups is 1. The second-order valence-electron chi connectivity index (χ2n) is 31.0. The number of amides is 1. The molecule has 19 heteroatoms. The fourth-order valence-electron chi connectivity index (χ4n) is 14.3. The molecule has 3 saturated heterocycles. The second-order valence-corrected chi connectivity index (χ2v) is 31.0. The lowest BCUT2D eigenvalue weighted by Gasteiger charge is -2.48. The van der Waals surface area contributed by atoms with Crippen LogP contribution in [-0.2, 0) is 33.2 Å². The van der Waals surface area contributed by atoms with E-state index in [2.05, 4.69) is 141 Å². The summed E-state index contributed by atoms with van der Waals surface area (Å²) in [7, 11) is 0. The van der Waals surface area contributed by atoms with Crippen molar-refractivity contribution in [3.05, 3.63) is 122 Å². The second kappa shape index (κ2) is 70.4. The predicted octanol–water partition coefficient (Wildman–Crippen LogP) is 16.6. The number of allylic oxidation sites excluding steroid dienone is 20. The largest absolute Gasteiger partial charge is 0.394 e. The zero-order valence-electron chi connectivity index (χ0n) is 68.9. The summed E-state index contributed by atoms with van der Waals surface area (Å²) in [5.41, 5.74) is 0. The number of rotatable bonds is 70. The van der Waals surface area contributed by atoms with Crippen molar-refractivity contribution >= 4 is 5.91 Å². The normalized spacial score (nSPS) is 25.6. The molecule has 12 N–H and O–H groups in total. The van der Waals surface area contributed by atoms with Crippen LogP contribution in [0.2, 0.25) is 0 Å². The summed E-state index contributed by atoms with van der Waals surface area (Å²) in [6.07, 6.45) is 72.9. The number of hydrogen-bond acceptors (Lipinski definition) is 18. The summed E-state index contributed by atoms with van der Waals surface area (Å²) >= 11 is 0. The molecule has 1 amide bonds. The summed E-state index contributed by atoms with van der Waals surface area (Å²) in [4.78, 5) is 13.5.